The van der Waals surface area contributed by atoms with Crippen molar-refractivity contribution in [2.24, 2.45) is 5.92 Å². The number of rotatable bonds is 3. The molecule has 0 radical (unpaired) electrons. The predicted molar refractivity (Wildman–Crippen MR) is 75.2 cm³/mol. The van der Waals surface area contributed by atoms with Gasteiger partial charge in [0.05, 0.1) is 0 Å². The SMILES string of the molecule is Cc1[se]c2cc(N(C(F)(F)F)C(F)(F)F)ccc2[n+]1CC(C)C. The zero-order valence-corrected chi connectivity index (χ0v) is 14.3. The predicted octanol–water partition coefficient (Wildman–Crippen LogP) is 3.99. The number of anilines is 1. The number of alkyl halides is 6. The molecule has 23 heavy (non-hydrogen) atoms. The first-order valence-corrected chi connectivity index (χ1v) is 8.49. The van der Waals surface area contributed by atoms with Crippen LogP contribution < -0.4 is 9.47 Å². The molecule has 0 saturated carbocycles. The third-order valence-corrected chi connectivity index (χ3v) is 5.41. The van der Waals surface area contributed by atoms with Crippen LogP contribution in [0.2, 0.25) is 0 Å². The van der Waals surface area contributed by atoms with Crippen LogP contribution in [0, 0.1) is 12.8 Å². The number of hydrogen-bond acceptors (Lipinski definition) is 1. The molecule has 0 N–H and O–H groups in total. The molecule has 0 spiro atoms. The van der Waals surface area contributed by atoms with Crippen molar-refractivity contribution in [3.63, 3.8) is 0 Å². The molecule has 0 unspecified atom stereocenters. The fourth-order valence-electron chi connectivity index (χ4n) is 2.36. The van der Waals surface area contributed by atoms with E-state index in [0.29, 0.717) is 22.2 Å². The van der Waals surface area contributed by atoms with Crippen molar-refractivity contribution in [1.82, 2.24) is 0 Å². The van der Waals surface area contributed by atoms with Gasteiger partial charge >= 0.3 is 134 Å². The number of aryl methyl sites for hydroxylation is 1. The van der Waals surface area contributed by atoms with Gasteiger partial charge in [-0.1, -0.05) is 0 Å². The zero-order valence-electron chi connectivity index (χ0n) is 12.6. The fourth-order valence-corrected chi connectivity index (χ4v) is 4.59. The minimum absolute atomic E-state index is 0.275. The van der Waals surface area contributed by atoms with Crippen LogP contribution in [-0.2, 0) is 6.54 Å². The summed E-state index contributed by atoms with van der Waals surface area (Å²) in [6, 6.07) is 3.22. The Bertz CT molecular complexity index is 688. The van der Waals surface area contributed by atoms with Crippen molar-refractivity contribution in [3.05, 3.63) is 22.8 Å². The third kappa shape index (κ3) is 3.83. The van der Waals surface area contributed by atoms with Gasteiger partial charge in [-0.05, 0) is 0 Å². The minimum atomic E-state index is -5.52. The summed E-state index contributed by atoms with van der Waals surface area (Å²) in [4.78, 5) is -1.45. The molecule has 0 aliphatic carbocycles. The molecular weight excluding hydrogens is 389 g/mol. The molecule has 0 fully saturated rings. The van der Waals surface area contributed by atoms with Crippen molar-refractivity contribution < 1.29 is 30.9 Å². The Kier molecular flexibility index (Phi) is 4.74. The van der Waals surface area contributed by atoms with E-state index in [-0.39, 0.29) is 14.5 Å². The van der Waals surface area contributed by atoms with E-state index in [1.807, 2.05) is 25.3 Å². The van der Waals surface area contributed by atoms with E-state index >= 15 is 0 Å². The number of aromatic nitrogens is 1. The van der Waals surface area contributed by atoms with E-state index in [0.717, 1.165) is 16.7 Å². The quantitative estimate of drug-likeness (QED) is 0.325. The second-order valence-corrected chi connectivity index (χ2v) is 8.14. The Morgan fingerprint density at radius 3 is 2.13 bits per heavy atom. The first kappa shape index (κ1) is 18.1. The van der Waals surface area contributed by atoms with Crippen LogP contribution in [0.4, 0.5) is 32.0 Å². The Morgan fingerprint density at radius 1 is 1.09 bits per heavy atom. The van der Waals surface area contributed by atoms with E-state index < -0.39 is 23.2 Å². The summed E-state index contributed by atoms with van der Waals surface area (Å²) in [5.74, 6) is 0.327. The number of hydrogen-bond donors (Lipinski definition) is 0. The number of nitrogens with zero attached hydrogens (tertiary/aromatic N) is 2. The molecule has 2 rings (SSSR count). The van der Waals surface area contributed by atoms with Crippen molar-refractivity contribution in [3.8, 4) is 0 Å². The Balaban J connectivity index is 2.56. The average molecular weight is 404 g/mol. The monoisotopic (exact) mass is 405 g/mol. The topological polar surface area (TPSA) is 7.12 Å². The third-order valence-electron chi connectivity index (χ3n) is 3.18. The van der Waals surface area contributed by atoms with Gasteiger partial charge < -0.3 is 0 Å². The molecule has 0 aliphatic rings. The zero-order chi connectivity index (χ0) is 17.6. The molecule has 1 aromatic carbocycles. The molecule has 0 amide bonds. The molecule has 2 aromatic rings. The first-order chi connectivity index (χ1) is 10.4. The van der Waals surface area contributed by atoms with E-state index in [4.69, 9.17) is 0 Å². The Morgan fingerprint density at radius 2 is 1.65 bits per heavy atom. The van der Waals surface area contributed by atoms with Crippen molar-refractivity contribution >= 4 is 30.0 Å². The van der Waals surface area contributed by atoms with Gasteiger partial charge in [-0.25, -0.2) is 0 Å². The van der Waals surface area contributed by atoms with Gasteiger partial charge in [0.25, 0.3) is 0 Å². The van der Waals surface area contributed by atoms with Crippen LogP contribution in [0.5, 0.6) is 0 Å². The van der Waals surface area contributed by atoms with Crippen LogP contribution in [0.15, 0.2) is 18.2 Å². The van der Waals surface area contributed by atoms with Gasteiger partial charge in [0.2, 0.25) is 0 Å². The Hall–Kier alpha value is -1.21. The fraction of sp³-hybridized carbons (Fsp3) is 0.500. The van der Waals surface area contributed by atoms with Crippen molar-refractivity contribution in [2.75, 3.05) is 4.90 Å². The molecular formula is C14H15F6N2Se+. The summed E-state index contributed by atoms with van der Waals surface area (Å²) in [6.07, 6.45) is -11.0. The summed E-state index contributed by atoms with van der Waals surface area (Å²) in [5.41, 5.74) is -0.200. The van der Waals surface area contributed by atoms with Crippen LogP contribution in [0.1, 0.15) is 18.4 Å². The average Bonchev–Trinajstić information content (AvgIpc) is 2.61. The van der Waals surface area contributed by atoms with E-state index in [1.54, 1.807) is 0 Å². The van der Waals surface area contributed by atoms with Gasteiger partial charge in [-0.2, -0.15) is 0 Å². The normalized spacial score (nSPS) is 13.1. The molecule has 1 heterocycles. The maximum absolute atomic E-state index is 12.8. The van der Waals surface area contributed by atoms with Crippen molar-refractivity contribution in [2.45, 2.75) is 39.9 Å². The number of fused-ring (bicyclic) bond motifs is 1. The molecule has 0 saturated heterocycles. The Labute approximate surface area is 135 Å². The number of benzene rings is 1. The van der Waals surface area contributed by atoms with Gasteiger partial charge in [-0.3, -0.25) is 0 Å². The summed E-state index contributed by atoms with van der Waals surface area (Å²) >= 11 is -0.275. The van der Waals surface area contributed by atoms with E-state index in [9.17, 15) is 26.3 Å². The van der Waals surface area contributed by atoms with E-state index in [2.05, 4.69) is 0 Å². The van der Waals surface area contributed by atoms with E-state index in [1.165, 1.54) is 6.07 Å². The second-order valence-electron chi connectivity index (χ2n) is 5.55. The molecule has 0 atom stereocenters. The molecule has 1 aromatic heterocycles. The summed E-state index contributed by atoms with van der Waals surface area (Å²) in [7, 11) is 0. The van der Waals surface area contributed by atoms with Crippen LogP contribution in [-0.4, -0.2) is 27.1 Å². The summed E-state index contributed by atoms with van der Waals surface area (Å²) < 4.78 is 80.1. The summed E-state index contributed by atoms with van der Waals surface area (Å²) in [5, 5.41) is 0. The molecule has 2 nitrogen and oxygen atoms in total. The van der Waals surface area contributed by atoms with Gasteiger partial charge in [0.15, 0.2) is 0 Å². The van der Waals surface area contributed by atoms with Crippen LogP contribution in [0.25, 0.3) is 9.78 Å². The second kappa shape index (κ2) is 6.02. The van der Waals surface area contributed by atoms with Gasteiger partial charge in [0.1, 0.15) is 0 Å². The number of halogens is 6. The molecule has 0 bridgehead atoms. The van der Waals surface area contributed by atoms with Crippen LogP contribution >= 0.6 is 0 Å². The first-order valence-electron chi connectivity index (χ1n) is 6.78. The van der Waals surface area contributed by atoms with Gasteiger partial charge in [-0.15, -0.1) is 0 Å². The molecule has 128 valence electrons. The standard InChI is InChI=1S/C14H15F6N2Se/c1-8(2)7-21-9(3)23-12-6-10(4-5-11(12)21)22(13(15,16)17)14(18,19)20/h4-6,8H,7H2,1-3H3/q+1. The molecule has 0 aliphatic heterocycles. The van der Waals surface area contributed by atoms with Crippen molar-refractivity contribution in [1.29, 1.82) is 0 Å². The van der Waals surface area contributed by atoms with Crippen LogP contribution in [0.3, 0.4) is 0 Å². The maximum atomic E-state index is 12.8. The summed E-state index contributed by atoms with van der Waals surface area (Å²) in [6.45, 7) is 6.54. The van der Waals surface area contributed by atoms with Gasteiger partial charge in [0, 0.05) is 0 Å². The molecule has 9 heteroatoms.